The van der Waals surface area contributed by atoms with Crippen LogP contribution in [0.1, 0.15) is 69.4 Å². The van der Waals surface area contributed by atoms with Crippen LogP contribution in [0.4, 0.5) is 0 Å². The third-order valence-electron chi connectivity index (χ3n) is 7.12. The van der Waals surface area contributed by atoms with Crippen molar-refractivity contribution in [2.75, 3.05) is 6.61 Å². The molecule has 0 aliphatic heterocycles. The van der Waals surface area contributed by atoms with Crippen molar-refractivity contribution in [1.82, 2.24) is 0 Å². The molecule has 0 unspecified atom stereocenters. The fourth-order valence-electron chi connectivity index (χ4n) is 5.84. The van der Waals surface area contributed by atoms with Crippen LogP contribution < -0.4 is 4.74 Å². The molecule has 0 bridgehead atoms. The van der Waals surface area contributed by atoms with Crippen LogP contribution in [0.15, 0.2) is 18.2 Å². The Balaban J connectivity index is 1.60. The molecule has 2 nitrogen and oxygen atoms in total. The number of aryl methyl sites for hydroxylation is 1. The molecule has 0 spiro atoms. The van der Waals surface area contributed by atoms with Crippen LogP contribution in [0.5, 0.6) is 5.75 Å². The number of rotatable bonds is 3. The van der Waals surface area contributed by atoms with Gasteiger partial charge in [-0.15, -0.1) is 0 Å². The number of ether oxygens (including phenoxy) is 1. The summed E-state index contributed by atoms with van der Waals surface area (Å²) >= 11 is 0. The van der Waals surface area contributed by atoms with Crippen LogP contribution in [0.2, 0.25) is 0 Å². The predicted octanol–water partition coefficient (Wildman–Crippen LogP) is 4.69. The van der Waals surface area contributed by atoms with E-state index in [1.54, 1.807) is 5.56 Å². The minimum absolute atomic E-state index is 0.0698. The molecular weight excluding hydrogens is 284 g/mol. The van der Waals surface area contributed by atoms with Crippen molar-refractivity contribution in [3.8, 4) is 5.75 Å². The molecule has 2 fully saturated rings. The van der Waals surface area contributed by atoms with Gasteiger partial charge in [-0.2, -0.15) is 0 Å². The van der Waals surface area contributed by atoms with Crippen LogP contribution in [-0.4, -0.2) is 17.8 Å². The Morgan fingerprint density at radius 1 is 1.22 bits per heavy atom. The van der Waals surface area contributed by atoms with Gasteiger partial charge >= 0.3 is 0 Å². The molecule has 0 heterocycles. The largest absolute Gasteiger partial charge is 0.494 e. The van der Waals surface area contributed by atoms with Gasteiger partial charge in [0.1, 0.15) is 5.75 Å². The highest BCUT2D eigenvalue weighted by atomic mass is 16.5. The highest BCUT2D eigenvalue weighted by Gasteiger charge is 2.54. The van der Waals surface area contributed by atoms with Crippen molar-refractivity contribution in [2.45, 2.75) is 70.8 Å². The standard InChI is InChI=1S/C21H30O2/c1-3-12-23-15-5-7-16-14(13-15)4-6-18-17(16)10-11-21(2)19(18)8-9-20(21)22/h5,7,13,17-20,22H,3-4,6,8-12H2,1-2H3/t17-,18-,19+,20-,21+/m1/s1. The summed E-state index contributed by atoms with van der Waals surface area (Å²) in [5.41, 5.74) is 3.28. The fraction of sp³-hybridized carbons (Fsp3) is 0.714. The van der Waals surface area contributed by atoms with E-state index in [0.717, 1.165) is 37.0 Å². The Hall–Kier alpha value is -1.02. The summed E-state index contributed by atoms with van der Waals surface area (Å²) in [6, 6.07) is 6.80. The van der Waals surface area contributed by atoms with Gasteiger partial charge in [0.05, 0.1) is 12.7 Å². The van der Waals surface area contributed by atoms with Crippen LogP contribution in [0.3, 0.4) is 0 Å². The second-order valence-electron chi connectivity index (χ2n) is 8.26. The highest BCUT2D eigenvalue weighted by molar-refractivity contribution is 5.40. The molecule has 126 valence electrons. The summed E-state index contributed by atoms with van der Waals surface area (Å²) in [7, 11) is 0. The molecule has 0 aromatic heterocycles. The Kier molecular flexibility index (Phi) is 3.91. The summed E-state index contributed by atoms with van der Waals surface area (Å²) in [4.78, 5) is 0. The van der Waals surface area contributed by atoms with Gasteiger partial charge in [-0.05, 0) is 91.4 Å². The lowest BCUT2D eigenvalue weighted by Gasteiger charge is -2.50. The first-order valence-electron chi connectivity index (χ1n) is 9.57. The number of fused-ring (bicyclic) bond motifs is 5. The Morgan fingerprint density at radius 2 is 2.09 bits per heavy atom. The molecule has 0 radical (unpaired) electrons. The summed E-state index contributed by atoms with van der Waals surface area (Å²) in [6.45, 7) is 5.31. The van der Waals surface area contributed by atoms with Crippen LogP contribution in [0, 0.1) is 17.3 Å². The molecule has 5 atom stereocenters. The number of aliphatic hydroxyl groups excluding tert-OH is 1. The molecule has 1 aromatic rings. The molecule has 3 aliphatic carbocycles. The van der Waals surface area contributed by atoms with Gasteiger partial charge in [0, 0.05) is 0 Å². The zero-order valence-electron chi connectivity index (χ0n) is 14.6. The lowest BCUT2D eigenvalue weighted by molar-refractivity contribution is -0.0226. The van der Waals surface area contributed by atoms with Crippen LogP contribution in [0.25, 0.3) is 0 Å². The van der Waals surface area contributed by atoms with E-state index in [4.69, 9.17) is 4.74 Å². The quantitative estimate of drug-likeness (QED) is 0.877. The number of benzene rings is 1. The second kappa shape index (κ2) is 5.81. The van der Waals surface area contributed by atoms with Gasteiger partial charge < -0.3 is 9.84 Å². The average molecular weight is 314 g/mol. The van der Waals surface area contributed by atoms with Crippen LogP contribution >= 0.6 is 0 Å². The Labute approximate surface area is 140 Å². The average Bonchev–Trinajstić information content (AvgIpc) is 2.88. The predicted molar refractivity (Wildman–Crippen MR) is 92.9 cm³/mol. The topological polar surface area (TPSA) is 29.5 Å². The molecule has 0 saturated heterocycles. The van der Waals surface area contributed by atoms with Crippen molar-refractivity contribution < 1.29 is 9.84 Å². The van der Waals surface area contributed by atoms with E-state index in [9.17, 15) is 5.11 Å². The third kappa shape index (κ3) is 2.41. The Morgan fingerprint density at radius 3 is 2.91 bits per heavy atom. The van der Waals surface area contributed by atoms with Crippen molar-refractivity contribution in [1.29, 1.82) is 0 Å². The van der Waals surface area contributed by atoms with Gasteiger partial charge in [0.2, 0.25) is 0 Å². The molecule has 3 aliphatic rings. The van der Waals surface area contributed by atoms with Crippen molar-refractivity contribution in [2.24, 2.45) is 17.3 Å². The molecule has 23 heavy (non-hydrogen) atoms. The first kappa shape index (κ1) is 15.5. The van der Waals surface area contributed by atoms with Gasteiger partial charge in [-0.3, -0.25) is 0 Å². The maximum atomic E-state index is 10.5. The van der Waals surface area contributed by atoms with Gasteiger partial charge in [0.15, 0.2) is 0 Å². The van der Waals surface area contributed by atoms with Gasteiger partial charge in [-0.25, -0.2) is 0 Å². The van der Waals surface area contributed by atoms with Crippen molar-refractivity contribution in [3.05, 3.63) is 29.3 Å². The lowest BCUT2D eigenvalue weighted by Crippen LogP contribution is -2.43. The summed E-state index contributed by atoms with van der Waals surface area (Å²) < 4.78 is 5.82. The van der Waals surface area contributed by atoms with E-state index in [1.165, 1.54) is 37.7 Å². The van der Waals surface area contributed by atoms with Crippen molar-refractivity contribution in [3.63, 3.8) is 0 Å². The van der Waals surface area contributed by atoms with E-state index in [-0.39, 0.29) is 11.5 Å². The molecule has 2 heteroatoms. The summed E-state index contributed by atoms with van der Waals surface area (Å²) in [5.74, 6) is 3.25. The molecule has 1 N–H and O–H groups in total. The first-order chi connectivity index (χ1) is 11.1. The summed E-state index contributed by atoms with van der Waals surface area (Å²) in [6.07, 6.45) is 8.14. The molecule has 4 rings (SSSR count). The van der Waals surface area contributed by atoms with E-state index in [2.05, 4.69) is 32.0 Å². The lowest BCUT2D eigenvalue weighted by atomic mass is 9.55. The monoisotopic (exact) mass is 314 g/mol. The van der Waals surface area contributed by atoms with E-state index in [1.807, 2.05) is 0 Å². The number of hydrogen-bond acceptors (Lipinski definition) is 2. The molecule has 0 amide bonds. The van der Waals surface area contributed by atoms with E-state index >= 15 is 0 Å². The highest BCUT2D eigenvalue weighted by Crippen LogP contribution is 2.60. The second-order valence-corrected chi connectivity index (χ2v) is 8.26. The zero-order valence-corrected chi connectivity index (χ0v) is 14.6. The Bertz CT molecular complexity index is 581. The zero-order chi connectivity index (χ0) is 16.0. The van der Waals surface area contributed by atoms with Crippen molar-refractivity contribution >= 4 is 0 Å². The SMILES string of the molecule is CCCOc1ccc2c(c1)CC[C@@H]1[C@@H]2CC[C@]2(C)[C@H](O)CC[C@@H]12. The minimum Gasteiger partial charge on any atom is -0.494 e. The summed E-state index contributed by atoms with van der Waals surface area (Å²) in [5, 5.41) is 10.5. The molecular formula is C21H30O2. The maximum absolute atomic E-state index is 10.5. The fourth-order valence-corrected chi connectivity index (χ4v) is 5.84. The van der Waals surface area contributed by atoms with Gasteiger partial charge in [0.25, 0.3) is 0 Å². The van der Waals surface area contributed by atoms with Gasteiger partial charge in [-0.1, -0.05) is 19.9 Å². The third-order valence-corrected chi connectivity index (χ3v) is 7.12. The van der Waals surface area contributed by atoms with E-state index in [0.29, 0.717) is 5.92 Å². The number of aliphatic hydroxyl groups is 1. The smallest absolute Gasteiger partial charge is 0.119 e. The first-order valence-corrected chi connectivity index (χ1v) is 9.57. The van der Waals surface area contributed by atoms with E-state index < -0.39 is 0 Å². The molecule has 1 aromatic carbocycles. The number of hydrogen-bond donors (Lipinski definition) is 1. The van der Waals surface area contributed by atoms with Crippen LogP contribution in [-0.2, 0) is 6.42 Å². The normalized spacial score (nSPS) is 38.6. The minimum atomic E-state index is -0.0698. The maximum Gasteiger partial charge on any atom is 0.119 e. The molecule has 2 saturated carbocycles.